The number of nitrogens with one attached hydrogen (secondary N) is 1. The highest BCUT2D eigenvalue weighted by Crippen LogP contribution is 2.17. The predicted octanol–water partition coefficient (Wildman–Crippen LogP) is 3.17. The Bertz CT molecular complexity index is 607. The average molecular weight is 286 g/mol. The van der Waals surface area contributed by atoms with Gasteiger partial charge in [0.2, 0.25) is 0 Å². The number of anilines is 1. The number of carbonyl (C=O) groups excluding carboxylic acids is 1. The lowest BCUT2D eigenvalue weighted by molar-refractivity contribution is 0.102. The monoisotopic (exact) mass is 285 g/mol. The second-order valence-electron chi connectivity index (χ2n) is 3.31. The zero-order valence-corrected chi connectivity index (χ0v) is 10.3. The van der Waals surface area contributed by atoms with Crippen LogP contribution in [-0.2, 0) is 0 Å². The summed E-state index contributed by atoms with van der Waals surface area (Å²) < 4.78 is 13.0. The van der Waals surface area contributed by atoms with E-state index in [2.05, 4.69) is 15.3 Å². The molecule has 0 radical (unpaired) electrons. The molecule has 4 nitrogen and oxygen atoms in total. The van der Waals surface area contributed by atoms with Crippen molar-refractivity contribution in [1.82, 2.24) is 9.97 Å². The molecule has 2 heterocycles. The van der Waals surface area contributed by atoms with Crippen molar-refractivity contribution in [3.05, 3.63) is 52.3 Å². The molecule has 0 aliphatic heterocycles. The fraction of sp³-hybridized carbons (Fsp3) is 0. The maximum atomic E-state index is 13.0. The number of aromatic nitrogens is 2. The largest absolute Gasteiger partial charge is 0.322 e. The van der Waals surface area contributed by atoms with Gasteiger partial charge in [0, 0.05) is 11.9 Å². The van der Waals surface area contributed by atoms with E-state index in [1.807, 2.05) is 0 Å². The van der Waals surface area contributed by atoms with E-state index in [-0.39, 0.29) is 15.9 Å². The van der Waals surface area contributed by atoms with E-state index in [1.165, 1.54) is 12.3 Å². The van der Waals surface area contributed by atoms with Gasteiger partial charge >= 0.3 is 0 Å². The Morgan fingerprint density at radius 3 is 2.78 bits per heavy atom. The topological polar surface area (TPSA) is 54.9 Å². The molecule has 1 amide bonds. The van der Waals surface area contributed by atoms with Gasteiger partial charge in [-0.3, -0.25) is 4.79 Å². The molecule has 0 aromatic carbocycles. The summed E-state index contributed by atoms with van der Waals surface area (Å²) in [7, 11) is 0. The molecule has 1 N–H and O–H groups in total. The molecular weight excluding hydrogens is 280 g/mol. The van der Waals surface area contributed by atoms with Crippen LogP contribution in [-0.4, -0.2) is 15.9 Å². The van der Waals surface area contributed by atoms with Crippen molar-refractivity contribution < 1.29 is 9.18 Å². The predicted molar refractivity (Wildman–Crippen MR) is 66.4 cm³/mol. The van der Waals surface area contributed by atoms with Crippen LogP contribution < -0.4 is 5.32 Å². The highest BCUT2D eigenvalue weighted by Gasteiger charge is 2.13. The van der Waals surface area contributed by atoms with E-state index in [0.29, 0.717) is 5.69 Å². The number of pyridine rings is 2. The number of nitrogens with zero attached hydrogens (tertiary/aromatic N) is 2. The lowest BCUT2D eigenvalue weighted by atomic mass is 10.2. The van der Waals surface area contributed by atoms with Gasteiger partial charge in [0.05, 0.1) is 11.8 Å². The molecule has 0 aliphatic rings. The SMILES string of the molecule is O=C(Nc1ccnc(Cl)c1)c1cc(F)cnc1Cl. The van der Waals surface area contributed by atoms with Crippen molar-refractivity contribution in [2.45, 2.75) is 0 Å². The minimum atomic E-state index is -0.641. The third-order valence-corrected chi connectivity index (χ3v) is 2.54. The summed E-state index contributed by atoms with van der Waals surface area (Å²) in [5, 5.41) is 2.67. The van der Waals surface area contributed by atoms with E-state index >= 15 is 0 Å². The molecule has 0 atom stereocenters. The van der Waals surface area contributed by atoms with Gasteiger partial charge in [0.1, 0.15) is 16.1 Å². The third kappa shape index (κ3) is 2.94. The molecule has 0 unspecified atom stereocenters. The lowest BCUT2D eigenvalue weighted by Crippen LogP contribution is -2.13. The fourth-order valence-corrected chi connectivity index (χ4v) is 1.62. The Hall–Kier alpha value is -1.72. The Morgan fingerprint density at radius 1 is 1.28 bits per heavy atom. The van der Waals surface area contributed by atoms with E-state index in [4.69, 9.17) is 23.2 Å². The van der Waals surface area contributed by atoms with Crippen LogP contribution in [0.4, 0.5) is 10.1 Å². The molecule has 7 heteroatoms. The van der Waals surface area contributed by atoms with Crippen LogP contribution in [0.25, 0.3) is 0 Å². The Balaban J connectivity index is 2.24. The first-order valence-corrected chi connectivity index (χ1v) is 5.56. The smallest absolute Gasteiger partial charge is 0.258 e. The Morgan fingerprint density at radius 2 is 2.06 bits per heavy atom. The molecule has 0 saturated heterocycles. The van der Waals surface area contributed by atoms with Gasteiger partial charge in [-0.1, -0.05) is 23.2 Å². The van der Waals surface area contributed by atoms with Crippen LogP contribution in [0.1, 0.15) is 10.4 Å². The van der Waals surface area contributed by atoms with Gasteiger partial charge in [0.25, 0.3) is 5.91 Å². The van der Waals surface area contributed by atoms with Gasteiger partial charge < -0.3 is 5.32 Å². The molecule has 0 aliphatic carbocycles. The summed E-state index contributed by atoms with van der Waals surface area (Å²) in [6.07, 6.45) is 2.37. The van der Waals surface area contributed by atoms with Crippen LogP contribution in [0.5, 0.6) is 0 Å². The first-order valence-electron chi connectivity index (χ1n) is 4.80. The molecule has 18 heavy (non-hydrogen) atoms. The standard InChI is InChI=1S/C11H6Cl2FN3O/c12-9-4-7(1-2-15-9)17-11(18)8-3-6(14)5-16-10(8)13/h1-5H,(H,15,17,18). The number of carbonyl (C=O) groups is 1. The van der Waals surface area contributed by atoms with Crippen molar-refractivity contribution in [2.75, 3.05) is 5.32 Å². The van der Waals surface area contributed by atoms with Crippen molar-refractivity contribution in [2.24, 2.45) is 0 Å². The van der Waals surface area contributed by atoms with Crippen molar-refractivity contribution in [3.63, 3.8) is 0 Å². The molecule has 0 saturated carbocycles. The van der Waals surface area contributed by atoms with Crippen LogP contribution in [0.15, 0.2) is 30.6 Å². The number of hydrogen-bond donors (Lipinski definition) is 1. The summed E-state index contributed by atoms with van der Waals surface area (Å²) in [6.45, 7) is 0. The zero-order chi connectivity index (χ0) is 13.1. The molecule has 0 bridgehead atoms. The number of hydrogen-bond acceptors (Lipinski definition) is 3. The highest BCUT2D eigenvalue weighted by molar-refractivity contribution is 6.33. The molecule has 2 aromatic rings. The van der Waals surface area contributed by atoms with Crippen LogP contribution in [0.3, 0.4) is 0 Å². The van der Waals surface area contributed by atoms with E-state index in [9.17, 15) is 9.18 Å². The lowest BCUT2D eigenvalue weighted by Gasteiger charge is -2.06. The molecular formula is C11H6Cl2FN3O. The second kappa shape index (κ2) is 5.29. The van der Waals surface area contributed by atoms with Crippen molar-refractivity contribution >= 4 is 34.8 Å². The zero-order valence-electron chi connectivity index (χ0n) is 8.82. The normalized spacial score (nSPS) is 10.2. The molecule has 92 valence electrons. The maximum absolute atomic E-state index is 13.0. The number of rotatable bonds is 2. The van der Waals surface area contributed by atoms with E-state index in [1.54, 1.807) is 6.07 Å². The molecule has 2 rings (SSSR count). The van der Waals surface area contributed by atoms with Crippen LogP contribution in [0.2, 0.25) is 10.3 Å². The summed E-state index contributed by atoms with van der Waals surface area (Å²) in [5.41, 5.74) is 0.380. The quantitative estimate of drug-likeness (QED) is 0.863. The number of amides is 1. The van der Waals surface area contributed by atoms with Gasteiger partial charge in [0.15, 0.2) is 0 Å². The van der Waals surface area contributed by atoms with E-state index in [0.717, 1.165) is 12.3 Å². The molecule has 2 aromatic heterocycles. The van der Waals surface area contributed by atoms with Gasteiger partial charge in [-0.25, -0.2) is 14.4 Å². The summed E-state index contributed by atoms with van der Waals surface area (Å²) in [6, 6.07) is 4.01. The second-order valence-corrected chi connectivity index (χ2v) is 4.06. The van der Waals surface area contributed by atoms with Crippen LogP contribution in [0, 0.1) is 5.82 Å². The van der Waals surface area contributed by atoms with Gasteiger partial charge in [-0.2, -0.15) is 0 Å². The van der Waals surface area contributed by atoms with E-state index < -0.39 is 11.7 Å². The fourth-order valence-electron chi connectivity index (χ4n) is 1.26. The Labute approximate surface area is 112 Å². The minimum absolute atomic E-state index is 0.0513. The average Bonchev–Trinajstić information content (AvgIpc) is 2.32. The van der Waals surface area contributed by atoms with Crippen molar-refractivity contribution in [3.8, 4) is 0 Å². The third-order valence-electron chi connectivity index (χ3n) is 2.03. The molecule has 0 spiro atoms. The summed E-state index contributed by atoms with van der Waals surface area (Å²) >= 11 is 11.4. The number of halogens is 3. The van der Waals surface area contributed by atoms with Gasteiger partial charge in [-0.05, 0) is 18.2 Å². The highest BCUT2D eigenvalue weighted by atomic mass is 35.5. The van der Waals surface area contributed by atoms with Crippen LogP contribution >= 0.6 is 23.2 Å². The van der Waals surface area contributed by atoms with Gasteiger partial charge in [-0.15, -0.1) is 0 Å². The maximum Gasteiger partial charge on any atom is 0.258 e. The first kappa shape index (κ1) is 12.7. The van der Waals surface area contributed by atoms with Crippen molar-refractivity contribution in [1.29, 1.82) is 0 Å². The Kier molecular flexibility index (Phi) is 3.74. The summed E-state index contributed by atoms with van der Waals surface area (Å²) in [5.74, 6) is -1.22. The minimum Gasteiger partial charge on any atom is -0.322 e. The summed E-state index contributed by atoms with van der Waals surface area (Å²) in [4.78, 5) is 19.2. The molecule has 0 fully saturated rings. The first-order chi connectivity index (χ1) is 8.56.